The lowest BCUT2D eigenvalue weighted by Crippen LogP contribution is -2.51. The average molecular weight is 276 g/mol. The molecular formula is C12H24N2O3S. The second-order valence-electron chi connectivity index (χ2n) is 5.12. The molecule has 0 spiro atoms. The number of hydrogen-bond acceptors (Lipinski definition) is 4. The Balaban J connectivity index is 2.69. The zero-order valence-electron chi connectivity index (χ0n) is 11.2. The first-order valence-electron chi connectivity index (χ1n) is 6.60. The van der Waals surface area contributed by atoms with Gasteiger partial charge in [0.25, 0.3) is 0 Å². The number of sulfone groups is 1. The van der Waals surface area contributed by atoms with E-state index in [0.29, 0.717) is 25.8 Å². The second-order valence-corrected chi connectivity index (χ2v) is 7.35. The van der Waals surface area contributed by atoms with Gasteiger partial charge in [0.1, 0.15) is 0 Å². The van der Waals surface area contributed by atoms with Crippen molar-refractivity contribution in [3.8, 4) is 0 Å². The van der Waals surface area contributed by atoms with Gasteiger partial charge in [-0.3, -0.25) is 4.79 Å². The van der Waals surface area contributed by atoms with E-state index in [1.807, 2.05) is 13.8 Å². The SMILES string of the molecule is CCC(CC)(CN)C(=O)NC1CCCS(=O)(=O)C1. The van der Waals surface area contributed by atoms with Gasteiger partial charge in [-0.2, -0.15) is 0 Å². The van der Waals surface area contributed by atoms with Gasteiger partial charge in [0.05, 0.1) is 16.9 Å². The van der Waals surface area contributed by atoms with Crippen LogP contribution in [0, 0.1) is 5.41 Å². The molecule has 0 bridgehead atoms. The molecule has 1 unspecified atom stereocenters. The Bertz CT molecular complexity index is 380. The zero-order valence-corrected chi connectivity index (χ0v) is 12.1. The summed E-state index contributed by atoms with van der Waals surface area (Å²) in [7, 11) is -2.99. The number of nitrogens with two attached hydrogens (primary N) is 1. The van der Waals surface area contributed by atoms with Crippen molar-refractivity contribution in [2.75, 3.05) is 18.1 Å². The van der Waals surface area contributed by atoms with Gasteiger partial charge in [-0.1, -0.05) is 13.8 Å². The molecule has 1 saturated heterocycles. The summed E-state index contributed by atoms with van der Waals surface area (Å²) in [6.45, 7) is 4.17. The van der Waals surface area contributed by atoms with Gasteiger partial charge in [-0.05, 0) is 25.7 Å². The van der Waals surface area contributed by atoms with Crippen LogP contribution < -0.4 is 11.1 Å². The first kappa shape index (κ1) is 15.4. The Morgan fingerprint density at radius 2 is 2.00 bits per heavy atom. The standard InChI is InChI=1S/C12H24N2O3S/c1-3-12(4-2,9-13)11(15)14-10-6-5-7-18(16,17)8-10/h10H,3-9,13H2,1-2H3,(H,14,15). The maximum atomic E-state index is 12.3. The van der Waals surface area contributed by atoms with E-state index >= 15 is 0 Å². The van der Waals surface area contributed by atoms with Gasteiger partial charge in [0, 0.05) is 12.6 Å². The lowest BCUT2D eigenvalue weighted by Gasteiger charge is -2.32. The molecule has 0 saturated carbocycles. The molecule has 0 aliphatic carbocycles. The Morgan fingerprint density at radius 1 is 1.39 bits per heavy atom. The van der Waals surface area contributed by atoms with Gasteiger partial charge in [-0.25, -0.2) is 8.42 Å². The van der Waals surface area contributed by atoms with Crippen molar-refractivity contribution >= 4 is 15.7 Å². The molecule has 0 aromatic heterocycles. The molecule has 0 radical (unpaired) electrons. The number of amides is 1. The fraction of sp³-hybridized carbons (Fsp3) is 0.917. The van der Waals surface area contributed by atoms with Crippen LogP contribution in [-0.2, 0) is 14.6 Å². The van der Waals surface area contributed by atoms with Crippen LogP contribution in [0.2, 0.25) is 0 Å². The minimum Gasteiger partial charge on any atom is -0.352 e. The quantitative estimate of drug-likeness (QED) is 0.762. The molecule has 1 aliphatic heterocycles. The molecule has 1 aliphatic rings. The summed E-state index contributed by atoms with van der Waals surface area (Å²) in [5, 5.41) is 2.87. The summed E-state index contributed by atoms with van der Waals surface area (Å²) in [6, 6.07) is -0.250. The number of carbonyl (C=O) groups is 1. The van der Waals surface area contributed by atoms with Crippen LogP contribution >= 0.6 is 0 Å². The van der Waals surface area contributed by atoms with Crippen molar-refractivity contribution < 1.29 is 13.2 Å². The summed E-state index contributed by atoms with van der Waals surface area (Å²) in [6.07, 6.45) is 2.71. The highest BCUT2D eigenvalue weighted by Gasteiger charge is 2.36. The summed E-state index contributed by atoms with van der Waals surface area (Å²) in [5.41, 5.74) is 5.15. The summed E-state index contributed by atoms with van der Waals surface area (Å²) >= 11 is 0. The van der Waals surface area contributed by atoms with Gasteiger partial charge in [-0.15, -0.1) is 0 Å². The summed E-state index contributed by atoms with van der Waals surface area (Å²) in [5.74, 6) is 0.201. The van der Waals surface area contributed by atoms with Gasteiger partial charge < -0.3 is 11.1 Å². The van der Waals surface area contributed by atoms with Crippen molar-refractivity contribution in [1.29, 1.82) is 0 Å². The monoisotopic (exact) mass is 276 g/mol. The number of carbonyl (C=O) groups excluding carboxylic acids is 1. The van der Waals surface area contributed by atoms with Crippen LogP contribution in [-0.4, -0.2) is 38.4 Å². The van der Waals surface area contributed by atoms with E-state index in [0.717, 1.165) is 6.42 Å². The third-order valence-corrected chi connectivity index (χ3v) is 5.85. The minimum absolute atomic E-state index is 0.0623. The number of rotatable bonds is 5. The predicted molar refractivity (Wildman–Crippen MR) is 71.9 cm³/mol. The van der Waals surface area contributed by atoms with Crippen molar-refractivity contribution in [2.24, 2.45) is 11.1 Å². The molecule has 1 heterocycles. The molecule has 106 valence electrons. The highest BCUT2D eigenvalue weighted by molar-refractivity contribution is 7.91. The molecular weight excluding hydrogens is 252 g/mol. The lowest BCUT2D eigenvalue weighted by molar-refractivity contribution is -0.131. The molecule has 1 fully saturated rings. The molecule has 18 heavy (non-hydrogen) atoms. The normalized spacial score (nSPS) is 23.6. The van der Waals surface area contributed by atoms with Crippen molar-refractivity contribution in [3.05, 3.63) is 0 Å². The average Bonchev–Trinajstić information content (AvgIpc) is 2.30. The first-order chi connectivity index (χ1) is 8.39. The third-order valence-electron chi connectivity index (χ3n) is 4.02. The maximum absolute atomic E-state index is 12.3. The summed E-state index contributed by atoms with van der Waals surface area (Å²) < 4.78 is 23.0. The van der Waals surface area contributed by atoms with Crippen molar-refractivity contribution in [2.45, 2.75) is 45.6 Å². The second kappa shape index (κ2) is 6.02. The Morgan fingerprint density at radius 3 is 2.44 bits per heavy atom. The van der Waals surface area contributed by atoms with Gasteiger partial charge >= 0.3 is 0 Å². The van der Waals surface area contributed by atoms with E-state index in [-0.39, 0.29) is 23.5 Å². The van der Waals surface area contributed by atoms with Crippen LogP contribution in [0.4, 0.5) is 0 Å². The number of hydrogen-bond donors (Lipinski definition) is 2. The van der Waals surface area contributed by atoms with E-state index in [1.54, 1.807) is 0 Å². The van der Waals surface area contributed by atoms with E-state index in [9.17, 15) is 13.2 Å². The number of nitrogens with one attached hydrogen (secondary N) is 1. The van der Waals surface area contributed by atoms with Crippen molar-refractivity contribution in [3.63, 3.8) is 0 Å². The molecule has 1 rings (SSSR count). The van der Waals surface area contributed by atoms with Crippen LogP contribution in [0.3, 0.4) is 0 Å². The predicted octanol–water partition coefficient (Wildman–Crippen LogP) is 0.445. The summed E-state index contributed by atoms with van der Waals surface area (Å²) in [4.78, 5) is 12.3. The van der Waals surface area contributed by atoms with Crippen LogP contribution in [0.1, 0.15) is 39.5 Å². The zero-order chi connectivity index (χ0) is 13.8. The topological polar surface area (TPSA) is 89.3 Å². The smallest absolute Gasteiger partial charge is 0.227 e. The van der Waals surface area contributed by atoms with E-state index in [1.165, 1.54) is 0 Å². The highest BCUT2D eigenvalue weighted by atomic mass is 32.2. The largest absolute Gasteiger partial charge is 0.352 e. The molecule has 1 atom stereocenters. The van der Waals surface area contributed by atoms with Crippen LogP contribution in [0.25, 0.3) is 0 Å². The Kier molecular flexibility index (Phi) is 5.16. The van der Waals surface area contributed by atoms with E-state index in [4.69, 9.17) is 5.73 Å². The highest BCUT2D eigenvalue weighted by Crippen LogP contribution is 2.26. The molecule has 5 nitrogen and oxygen atoms in total. The third kappa shape index (κ3) is 3.45. The first-order valence-corrected chi connectivity index (χ1v) is 8.42. The van der Waals surface area contributed by atoms with Gasteiger partial charge in [0.15, 0.2) is 9.84 Å². The Labute approximate surface area is 109 Å². The fourth-order valence-electron chi connectivity index (χ4n) is 2.43. The van der Waals surface area contributed by atoms with E-state index < -0.39 is 15.3 Å². The Hall–Kier alpha value is -0.620. The van der Waals surface area contributed by atoms with Gasteiger partial charge in [0.2, 0.25) is 5.91 Å². The lowest BCUT2D eigenvalue weighted by atomic mass is 9.81. The maximum Gasteiger partial charge on any atom is 0.227 e. The molecule has 6 heteroatoms. The molecule has 0 aromatic carbocycles. The molecule has 1 amide bonds. The van der Waals surface area contributed by atoms with Crippen molar-refractivity contribution in [1.82, 2.24) is 5.32 Å². The molecule has 0 aromatic rings. The molecule has 3 N–H and O–H groups in total. The fourth-order valence-corrected chi connectivity index (χ4v) is 4.06. The van der Waals surface area contributed by atoms with Crippen LogP contribution in [0.15, 0.2) is 0 Å². The minimum atomic E-state index is -2.99. The van der Waals surface area contributed by atoms with Crippen LogP contribution in [0.5, 0.6) is 0 Å². The van der Waals surface area contributed by atoms with E-state index in [2.05, 4.69) is 5.32 Å².